The molecule has 0 heterocycles. The standard InChI is InChI=1S/C4H11N3S.ClH/c1-3(8)2-7-4(5)6;/h3,8H,2H2,1H3,(H4,5,6,7);1H/t3-;/m0./s1. The molecule has 0 rings (SSSR count). The predicted octanol–water partition coefficient (Wildman–Crippen LogP) is 0.210. The first-order valence-electron chi connectivity index (χ1n) is 2.39. The third kappa shape index (κ3) is 11.5. The van der Waals surface area contributed by atoms with Gasteiger partial charge in [0.25, 0.3) is 0 Å². The van der Waals surface area contributed by atoms with Crippen LogP contribution in [-0.2, 0) is 0 Å². The molecule has 0 amide bonds. The molecule has 5 heteroatoms. The number of rotatable bonds is 2. The lowest BCUT2D eigenvalue weighted by molar-refractivity contribution is 0.849. The summed E-state index contributed by atoms with van der Waals surface area (Å²) in [6, 6.07) is 0. The van der Waals surface area contributed by atoms with E-state index in [1.54, 1.807) is 0 Å². The summed E-state index contributed by atoms with van der Waals surface area (Å²) in [6.45, 7) is 2.58. The van der Waals surface area contributed by atoms with E-state index in [2.05, 4.69) is 17.9 Å². The lowest BCUT2D eigenvalue weighted by atomic mass is 10.5. The van der Waals surface area contributed by atoms with E-state index in [1.165, 1.54) is 0 Å². The van der Waals surface area contributed by atoms with E-state index in [1.807, 2.05) is 6.92 Å². The largest absolute Gasteiger partial charge is 0.370 e. The minimum Gasteiger partial charge on any atom is -0.370 e. The van der Waals surface area contributed by atoms with E-state index in [0.717, 1.165) is 0 Å². The van der Waals surface area contributed by atoms with Crippen molar-refractivity contribution >= 4 is 31.0 Å². The van der Waals surface area contributed by atoms with Gasteiger partial charge in [-0.25, -0.2) is 0 Å². The monoisotopic (exact) mass is 169 g/mol. The van der Waals surface area contributed by atoms with Crippen LogP contribution < -0.4 is 11.1 Å². The van der Waals surface area contributed by atoms with Crippen LogP contribution in [0.4, 0.5) is 0 Å². The molecule has 0 saturated heterocycles. The van der Waals surface area contributed by atoms with Gasteiger partial charge in [0.15, 0.2) is 5.96 Å². The van der Waals surface area contributed by atoms with Gasteiger partial charge in [-0.15, -0.1) is 12.4 Å². The van der Waals surface area contributed by atoms with Gasteiger partial charge in [0.05, 0.1) is 0 Å². The molecule has 0 aliphatic carbocycles. The number of hydrogen-bond acceptors (Lipinski definition) is 2. The summed E-state index contributed by atoms with van der Waals surface area (Å²) in [4.78, 5) is 0. The number of nitrogens with two attached hydrogens (primary N) is 1. The summed E-state index contributed by atoms with van der Waals surface area (Å²) in [7, 11) is 0. The second-order valence-corrected chi connectivity index (χ2v) is 2.53. The summed E-state index contributed by atoms with van der Waals surface area (Å²) in [6.07, 6.45) is 0. The molecule has 0 aliphatic heterocycles. The van der Waals surface area contributed by atoms with Crippen molar-refractivity contribution in [3.05, 3.63) is 0 Å². The van der Waals surface area contributed by atoms with Gasteiger partial charge in [-0.05, 0) is 0 Å². The molecule has 1 atom stereocenters. The van der Waals surface area contributed by atoms with Crippen molar-refractivity contribution in [3.8, 4) is 0 Å². The van der Waals surface area contributed by atoms with Crippen LogP contribution in [0.2, 0.25) is 0 Å². The van der Waals surface area contributed by atoms with Gasteiger partial charge >= 0.3 is 0 Å². The van der Waals surface area contributed by atoms with Crippen LogP contribution in [0.15, 0.2) is 0 Å². The summed E-state index contributed by atoms with van der Waals surface area (Å²) >= 11 is 4.06. The predicted molar refractivity (Wildman–Crippen MR) is 45.6 cm³/mol. The van der Waals surface area contributed by atoms with Crippen LogP contribution in [0.3, 0.4) is 0 Å². The van der Waals surface area contributed by atoms with E-state index in [0.29, 0.717) is 6.54 Å². The lowest BCUT2D eigenvalue weighted by Crippen LogP contribution is -2.33. The average molecular weight is 170 g/mol. The molecule has 9 heavy (non-hydrogen) atoms. The zero-order chi connectivity index (χ0) is 6.57. The Morgan fingerprint density at radius 2 is 2.33 bits per heavy atom. The Hall–Kier alpha value is -0.0900. The van der Waals surface area contributed by atoms with Crippen molar-refractivity contribution in [2.75, 3.05) is 6.54 Å². The zero-order valence-corrected chi connectivity index (χ0v) is 6.93. The van der Waals surface area contributed by atoms with Gasteiger partial charge in [-0.2, -0.15) is 12.6 Å². The van der Waals surface area contributed by atoms with Crippen LogP contribution in [0.25, 0.3) is 0 Å². The Kier molecular flexibility index (Phi) is 7.83. The zero-order valence-electron chi connectivity index (χ0n) is 5.22. The minimum absolute atomic E-state index is 0. The molecule has 3 nitrogen and oxygen atoms in total. The van der Waals surface area contributed by atoms with E-state index < -0.39 is 0 Å². The minimum atomic E-state index is 0. The molecule has 0 aromatic carbocycles. The summed E-state index contributed by atoms with van der Waals surface area (Å²) in [5.74, 6) is 0.00546. The van der Waals surface area contributed by atoms with Gasteiger partial charge in [0, 0.05) is 11.8 Å². The maximum atomic E-state index is 6.72. The van der Waals surface area contributed by atoms with Crippen molar-refractivity contribution in [3.63, 3.8) is 0 Å². The first kappa shape index (κ1) is 11.7. The molecule has 56 valence electrons. The summed E-state index contributed by atoms with van der Waals surface area (Å²) < 4.78 is 0. The highest BCUT2D eigenvalue weighted by Gasteiger charge is 1.91. The highest BCUT2D eigenvalue weighted by atomic mass is 35.5. The molecule has 0 spiro atoms. The topological polar surface area (TPSA) is 61.9 Å². The SMILES string of the molecule is C[C@H](S)CNC(=N)N.Cl. The highest BCUT2D eigenvalue weighted by Crippen LogP contribution is 1.86. The highest BCUT2D eigenvalue weighted by molar-refractivity contribution is 7.80. The molecule has 0 aromatic rings. The number of halogens is 1. The summed E-state index contributed by atoms with van der Waals surface area (Å²) in [5.41, 5.74) is 4.98. The number of guanidine groups is 1. The number of thiol groups is 1. The van der Waals surface area contributed by atoms with Crippen molar-refractivity contribution in [2.45, 2.75) is 12.2 Å². The number of hydrogen-bond donors (Lipinski definition) is 4. The smallest absolute Gasteiger partial charge is 0.185 e. The van der Waals surface area contributed by atoms with Gasteiger partial charge in [0.2, 0.25) is 0 Å². The molecule has 0 aliphatic rings. The molecule has 0 radical (unpaired) electrons. The fourth-order valence-electron chi connectivity index (χ4n) is 0.258. The third-order valence-electron chi connectivity index (χ3n) is 0.588. The molecule has 0 saturated carbocycles. The second-order valence-electron chi connectivity index (χ2n) is 1.64. The fourth-order valence-corrected chi connectivity index (χ4v) is 0.349. The Morgan fingerprint density at radius 1 is 1.89 bits per heavy atom. The van der Waals surface area contributed by atoms with Crippen LogP contribution in [0, 0.1) is 5.41 Å². The maximum absolute atomic E-state index is 6.72. The quantitative estimate of drug-likeness (QED) is 0.271. The molecule has 0 aromatic heterocycles. The fraction of sp³-hybridized carbons (Fsp3) is 0.750. The van der Waals surface area contributed by atoms with E-state index in [9.17, 15) is 0 Å². The molecule has 4 N–H and O–H groups in total. The molecule has 0 unspecified atom stereocenters. The average Bonchev–Trinajstić information content (AvgIpc) is 1.61. The van der Waals surface area contributed by atoms with Crippen molar-refractivity contribution in [1.29, 1.82) is 5.41 Å². The molecular formula is C4H12ClN3S. The molecule has 0 bridgehead atoms. The Labute approximate surface area is 66.7 Å². The van der Waals surface area contributed by atoms with Crippen LogP contribution in [0.5, 0.6) is 0 Å². The first-order chi connectivity index (χ1) is 3.63. The van der Waals surface area contributed by atoms with Gasteiger partial charge in [-0.1, -0.05) is 6.92 Å². The van der Waals surface area contributed by atoms with Crippen molar-refractivity contribution in [2.24, 2.45) is 5.73 Å². The van der Waals surface area contributed by atoms with E-state index >= 15 is 0 Å². The van der Waals surface area contributed by atoms with Crippen LogP contribution in [-0.4, -0.2) is 17.8 Å². The molecular weight excluding hydrogens is 158 g/mol. The normalized spacial score (nSPS) is 11.3. The lowest BCUT2D eigenvalue weighted by Gasteiger charge is -2.03. The Bertz CT molecular complexity index is 85.9. The van der Waals surface area contributed by atoms with Gasteiger partial charge in [0.1, 0.15) is 0 Å². The number of nitrogens with one attached hydrogen (secondary N) is 2. The van der Waals surface area contributed by atoms with Crippen molar-refractivity contribution < 1.29 is 0 Å². The van der Waals surface area contributed by atoms with Crippen molar-refractivity contribution in [1.82, 2.24) is 5.32 Å². The molecule has 0 fully saturated rings. The van der Waals surface area contributed by atoms with Crippen LogP contribution >= 0.6 is 25.0 Å². The van der Waals surface area contributed by atoms with Gasteiger partial charge < -0.3 is 11.1 Å². The van der Waals surface area contributed by atoms with Gasteiger partial charge in [-0.3, -0.25) is 5.41 Å². The Morgan fingerprint density at radius 3 is 2.44 bits per heavy atom. The summed E-state index contributed by atoms with van der Waals surface area (Å²) in [5, 5.41) is 9.60. The third-order valence-corrected chi connectivity index (χ3v) is 0.770. The van der Waals surface area contributed by atoms with Crippen LogP contribution in [0.1, 0.15) is 6.92 Å². The Balaban J connectivity index is 0. The van der Waals surface area contributed by atoms with E-state index in [4.69, 9.17) is 11.1 Å². The maximum Gasteiger partial charge on any atom is 0.185 e. The second kappa shape index (κ2) is 6.04. The van der Waals surface area contributed by atoms with E-state index in [-0.39, 0.29) is 23.6 Å². The first-order valence-corrected chi connectivity index (χ1v) is 2.90.